The summed E-state index contributed by atoms with van der Waals surface area (Å²) in [6, 6.07) is 0.443. The summed E-state index contributed by atoms with van der Waals surface area (Å²) in [5, 5.41) is 8.98. The van der Waals surface area contributed by atoms with Gasteiger partial charge in [-0.2, -0.15) is 0 Å². The Morgan fingerprint density at radius 3 is 2.53 bits per heavy atom. The Balaban J connectivity index is 2.57. The minimum absolute atomic E-state index is 0.210. The maximum Gasteiger partial charge on any atom is 0.137 e. The summed E-state index contributed by atoms with van der Waals surface area (Å²) in [6.45, 7) is 10.9. The lowest BCUT2D eigenvalue weighted by molar-refractivity contribution is -0.126. The maximum absolute atomic E-state index is 12.1. The highest BCUT2D eigenvalue weighted by atomic mass is 16.3. The number of carbonyl (C=O) groups excluding carboxylic acids is 1. The lowest BCUT2D eigenvalue weighted by atomic mass is 9.75. The molecule has 0 spiro atoms. The van der Waals surface area contributed by atoms with E-state index in [2.05, 4.69) is 32.6 Å². The van der Waals surface area contributed by atoms with Crippen LogP contribution in [0.15, 0.2) is 0 Å². The standard InChI is InChI=1S/C16H31NO2/c1-12(2)14-6-7-16(19)15(10-14)11-17(13(3)4)8-5-9-18/h12-15,18H,5-11H2,1-4H3. The monoisotopic (exact) mass is 269 g/mol. The van der Waals surface area contributed by atoms with Crippen molar-refractivity contribution in [3.63, 3.8) is 0 Å². The molecule has 0 amide bonds. The van der Waals surface area contributed by atoms with Crippen LogP contribution in [0.4, 0.5) is 0 Å². The van der Waals surface area contributed by atoms with E-state index in [0.29, 0.717) is 23.7 Å². The molecule has 0 saturated heterocycles. The lowest BCUT2D eigenvalue weighted by Crippen LogP contribution is -2.41. The molecule has 0 aromatic carbocycles. The van der Waals surface area contributed by atoms with Gasteiger partial charge in [0.2, 0.25) is 0 Å². The fraction of sp³-hybridized carbons (Fsp3) is 0.938. The summed E-state index contributed by atoms with van der Waals surface area (Å²) in [5.41, 5.74) is 0. The first kappa shape index (κ1) is 16.6. The third-order valence-corrected chi connectivity index (χ3v) is 4.54. The molecule has 19 heavy (non-hydrogen) atoms. The molecule has 0 heterocycles. The average Bonchev–Trinajstić information content (AvgIpc) is 2.35. The molecular formula is C16H31NO2. The highest BCUT2D eigenvalue weighted by Gasteiger charge is 2.31. The van der Waals surface area contributed by atoms with Gasteiger partial charge in [-0.15, -0.1) is 0 Å². The van der Waals surface area contributed by atoms with Gasteiger partial charge in [0, 0.05) is 38.1 Å². The predicted octanol–water partition coefficient (Wildman–Crippen LogP) is 2.72. The smallest absolute Gasteiger partial charge is 0.137 e. The molecule has 1 saturated carbocycles. The molecule has 0 aromatic rings. The van der Waals surface area contributed by atoms with E-state index in [1.165, 1.54) is 0 Å². The number of nitrogens with zero attached hydrogens (tertiary/aromatic N) is 1. The van der Waals surface area contributed by atoms with Gasteiger partial charge >= 0.3 is 0 Å². The van der Waals surface area contributed by atoms with Crippen molar-refractivity contribution >= 4 is 5.78 Å². The van der Waals surface area contributed by atoms with Crippen LogP contribution < -0.4 is 0 Å². The van der Waals surface area contributed by atoms with Gasteiger partial charge in [0.1, 0.15) is 5.78 Å². The Labute approximate surface area is 118 Å². The number of hydrogen-bond donors (Lipinski definition) is 1. The molecule has 2 atom stereocenters. The fourth-order valence-corrected chi connectivity index (χ4v) is 3.05. The molecule has 3 heteroatoms. The average molecular weight is 269 g/mol. The molecule has 0 bridgehead atoms. The minimum atomic E-state index is 0.210. The van der Waals surface area contributed by atoms with Crippen LogP contribution in [0.25, 0.3) is 0 Å². The van der Waals surface area contributed by atoms with E-state index in [0.717, 1.165) is 38.8 Å². The van der Waals surface area contributed by atoms with Crippen LogP contribution in [0.2, 0.25) is 0 Å². The van der Waals surface area contributed by atoms with Gasteiger partial charge in [0.15, 0.2) is 0 Å². The minimum Gasteiger partial charge on any atom is -0.396 e. The zero-order valence-electron chi connectivity index (χ0n) is 13.1. The van der Waals surface area contributed by atoms with Crippen molar-refractivity contribution in [2.24, 2.45) is 17.8 Å². The van der Waals surface area contributed by atoms with Gasteiger partial charge < -0.3 is 10.0 Å². The molecule has 1 aliphatic rings. The van der Waals surface area contributed by atoms with Gasteiger partial charge in [0.05, 0.1) is 0 Å². The summed E-state index contributed by atoms with van der Waals surface area (Å²) in [7, 11) is 0. The summed E-state index contributed by atoms with van der Waals surface area (Å²) >= 11 is 0. The molecule has 1 rings (SSSR count). The molecule has 0 aromatic heterocycles. The largest absolute Gasteiger partial charge is 0.396 e. The Hall–Kier alpha value is -0.410. The Morgan fingerprint density at radius 1 is 1.32 bits per heavy atom. The number of hydrogen-bond acceptors (Lipinski definition) is 3. The van der Waals surface area contributed by atoms with E-state index in [9.17, 15) is 4.79 Å². The van der Waals surface area contributed by atoms with Crippen LogP contribution >= 0.6 is 0 Å². The normalized spacial score (nSPS) is 24.7. The van der Waals surface area contributed by atoms with Gasteiger partial charge in [-0.1, -0.05) is 13.8 Å². The van der Waals surface area contributed by atoms with Gasteiger partial charge in [0.25, 0.3) is 0 Å². The lowest BCUT2D eigenvalue weighted by Gasteiger charge is -2.35. The van der Waals surface area contributed by atoms with E-state index in [4.69, 9.17) is 5.11 Å². The number of aliphatic hydroxyl groups excluding tert-OH is 1. The number of aliphatic hydroxyl groups is 1. The molecule has 112 valence electrons. The van der Waals surface area contributed by atoms with Crippen molar-refractivity contribution < 1.29 is 9.90 Å². The van der Waals surface area contributed by atoms with Gasteiger partial charge in [-0.25, -0.2) is 0 Å². The number of ketones is 1. The molecule has 1 fully saturated rings. The highest BCUT2D eigenvalue weighted by molar-refractivity contribution is 5.82. The third-order valence-electron chi connectivity index (χ3n) is 4.54. The molecular weight excluding hydrogens is 238 g/mol. The zero-order chi connectivity index (χ0) is 14.4. The summed E-state index contributed by atoms with van der Waals surface area (Å²) in [4.78, 5) is 14.5. The zero-order valence-corrected chi connectivity index (χ0v) is 13.1. The van der Waals surface area contributed by atoms with Gasteiger partial charge in [-0.05, 0) is 44.9 Å². The van der Waals surface area contributed by atoms with Gasteiger partial charge in [-0.3, -0.25) is 4.79 Å². The first-order valence-corrected chi connectivity index (χ1v) is 7.83. The molecule has 2 unspecified atom stereocenters. The Bertz CT molecular complexity index is 276. The number of carbonyl (C=O) groups is 1. The highest BCUT2D eigenvalue weighted by Crippen LogP contribution is 2.32. The van der Waals surface area contributed by atoms with E-state index < -0.39 is 0 Å². The van der Waals surface area contributed by atoms with Crippen LogP contribution in [-0.2, 0) is 4.79 Å². The SMILES string of the molecule is CC(C)C1CCC(=O)C(CN(CCCO)C(C)C)C1. The first-order chi connectivity index (χ1) is 8.95. The van der Waals surface area contributed by atoms with E-state index in [1.54, 1.807) is 0 Å². The second-order valence-electron chi connectivity index (χ2n) is 6.61. The second kappa shape index (κ2) is 8.01. The van der Waals surface area contributed by atoms with Crippen LogP contribution in [0, 0.1) is 17.8 Å². The van der Waals surface area contributed by atoms with Crippen molar-refractivity contribution in [2.75, 3.05) is 19.7 Å². The quantitative estimate of drug-likeness (QED) is 0.772. The Morgan fingerprint density at radius 2 is 2.00 bits per heavy atom. The molecule has 1 aliphatic carbocycles. The predicted molar refractivity (Wildman–Crippen MR) is 79.1 cm³/mol. The fourth-order valence-electron chi connectivity index (χ4n) is 3.05. The van der Waals surface area contributed by atoms with E-state index >= 15 is 0 Å². The van der Waals surface area contributed by atoms with Crippen molar-refractivity contribution in [1.82, 2.24) is 4.90 Å². The van der Waals surface area contributed by atoms with E-state index in [1.807, 2.05) is 0 Å². The van der Waals surface area contributed by atoms with Crippen molar-refractivity contribution in [3.05, 3.63) is 0 Å². The maximum atomic E-state index is 12.1. The topological polar surface area (TPSA) is 40.5 Å². The van der Waals surface area contributed by atoms with E-state index in [-0.39, 0.29) is 12.5 Å². The first-order valence-electron chi connectivity index (χ1n) is 7.83. The van der Waals surface area contributed by atoms with Crippen LogP contribution in [0.5, 0.6) is 0 Å². The number of rotatable bonds is 7. The third kappa shape index (κ3) is 5.23. The summed E-state index contributed by atoms with van der Waals surface area (Å²) in [6.07, 6.45) is 3.69. The van der Waals surface area contributed by atoms with Crippen LogP contribution in [-0.4, -0.2) is 41.5 Å². The summed E-state index contributed by atoms with van der Waals surface area (Å²) in [5.74, 6) is 2.05. The van der Waals surface area contributed by atoms with Crippen LogP contribution in [0.3, 0.4) is 0 Å². The Kier molecular flexibility index (Phi) is 7.01. The second-order valence-corrected chi connectivity index (χ2v) is 6.61. The summed E-state index contributed by atoms with van der Waals surface area (Å²) < 4.78 is 0. The van der Waals surface area contributed by atoms with Crippen molar-refractivity contribution in [1.29, 1.82) is 0 Å². The molecule has 0 aliphatic heterocycles. The van der Waals surface area contributed by atoms with Crippen LogP contribution in [0.1, 0.15) is 53.4 Å². The van der Waals surface area contributed by atoms with Crippen molar-refractivity contribution in [3.8, 4) is 0 Å². The number of Topliss-reactive ketones (excluding diaryl/α,β-unsaturated/α-hetero) is 1. The molecule has 0 radical (unpaired) electrons. The van der Waals surface area contributed by atoms with Crippen molar-refractivity contribution in [2.45, 2.75) is 59.4 Å². The molecule has 1 N–H and O–H groups in total. The molecule has 3 nitrogen and oxygen atoms in total.